The maximum Gasteiger partial charge on any atom is 0.252 e. The summed E-state index contributed by atoms with van der Waals surface area (Å²) in [6.07, 6.45) is 1.13. The summed E-state index contributed by atoms with van der Waals surface area (Å²) in [5.74, 6) is 0. The number of anilines is 6. The van der Waals surface area contributed by atoms with Crippen LogP contribution in [0.1, 0.15) is 203 Å². The van der Waals surface area contributed by atoms with Crippen LogP contribution < -0.4 is 26.2 Å². The van der Waals surface area contributed by atoms with Gasteiger partial charge in [-0.1, -0.05) is 310 Å². The van der Waals surface area contributed by atoms with Gasteiger partial charge in [0.25, 0.3) is 6.71 Å². The van der Waals surface area contributed by atoms with Gasteiger partial charge in [-0.05, 0) is 216 Å². The van der Waals surface area contributed by atoms with Crippen molar-refractivity contribution < 1.29 is 0 Å². The molecule has 11 aromatic carbocycles. The van der Waals surface area contributed by atoms with Gasteiger partial charge in [0.05, 0.1) is 16.7 Å². The zero-order chi connectivity index (χ0) is 71.8. The minimum absolute atomic E-state index is 0.0253. The molecular weight excluding hydrogens is 1220 g/mol. The third-order valence-electron chi connectivity index (χ3n) is 22.8. The van der Waals surface area contributed by atoms with Crippen molar-refractivity contribution in [1.82, 2.24) is 4.57 Å². The smallest absolute Gasteiger partial charge is 0.252 e. The maximum absolute atomic E-state index is 2.64. The number of rotatable bonds is 7. The second kappa shape index (κ2) is 23.2. The van der Waals surface area contributed by atoms with Gasteiger partial charge in [0, 0.05) is 44.9 Å². The first-order valence-corrected chi connectivity index (χ1v) is 37.2. The van der Waals surface area contributed by atoms with Gasteiger partial charge in [-0.3, -0.25) is 0 Å². The fourth-order valence-corrected chi connectivity index (χ4v) is 17.0. The first kappa shape index (κ1) is 67.7. The Morgan fingerprint density at radius 3 is 0.970 bits per heavy atom. The molecule has 0 unspecified atom stereocenters. The molecule has 0 radical (unpaired) electrons. The molecule has 1 aromatic heterocycles. The van der Waals surface area contributed by atoms with E-state index in [-0.39, 0.29) is 50.0 Å². The molecule has 0 N–H and O–H groups in total. The van der Waals surface area contributed by atoms with Gasteiger partial charge in [0.1, 0.15) is 0 Å². The molecule has 0 saturated carbocycles. The lowest BCUT2D eigenvalue weighted by atomic mass is 9.33. The minimum atomic E-state index is -0.140. The predicted molar refractivity (Wildman–Crippen MR) is 439 cm³/mol. The molecule has 0 bridgehead atoms. The van der Waals surface area contributed by atoms with Crippen molar-refractivity contribution in [3.8, 4) is 50.2 Å². The Hall–Kier alpha value is -9.12. The maximum atomic E-state index is 2.64. The van der Waals surface area contributed by atoms with Crippen LogP contribution in [0.5, 0.6) is 0 Å². The monoisotopic (exact) mass is 1320 g/mol. The summed E-state index contributed by atoms with van der Waals surface area (Å²) >= 11 is 0. The Balaban J connectivity index is 1.04. The van der Waals surface area contributed by atoms with Crippen LogP contribution in [-0.2, 0) is 43.3 Å². The molecule has 4 heteroatoms. The number of benzene rings is 11. The van der Waals surface area contributed by atoms with E-state index in [9.17, 15) is 0 Å². The molecule has 3 aliphatic rings. The van der Waals surface area contributed by atoms with Gasteiger partial charge in [-0.2, -0.15) is 0 Å². The highest BCUT2D eigenvalue weighted by molar-refractivity contribution is 7.00. The summed E-state index contributed by atoms with van der Waals surface area (Å²) in [4.78, 5) is 5.28. The molecule has 0 fully saturated rings. The second-order valence-electron chi connectivity index (χ2n) is 37.6. The predicted octanol–water partition coefficient (Wildman–Crippen LogP) is 25.3. The SMILES string of the molecule is CC(C)(C)c1cc(-c2ccc(N3c4cc(-c5cc(C(C)(C)C)cc(C(C)(C)C)c5)ccc4B4c5ccc(-c6cc(C(C)(C)C)cc(C(C)(C)C)c6)cc5N(c5ccc(-c6ccc7c(c6)C(C)(C)CC7(C)C)cc5)c5cc(-n6c7ccccc7c7ccccc76)cc3c54)cc2)cc(C(C)(C)C)c1. The fraction of sp³-hybridized carbons (Fsp3) is 0.320. The van der Waals surface area contributed by atoms with E-state index in [2.05, 4.69) is 385 Å². The van der Waals surface area contributed by atoms with Crippen LogP contribution in [-0.4, -0.2) is 11.3 Å². The first-order valence-electron chi connectivity index (χ1n) is 37.2. The van der Waals surface area contributed by atoms with Crippen molar-refractivity contribution in [2.45, 2.75) is 202 Å². The summed E-state index contributed by atoms with van der Waals surface area (Å²) in [6.45, 7) is 51.8. The molecule has 510 valence electrons. The molecule has 0 saturated heterocycles. The molecular formula is C97H104BN3. The third kappa shape index (κ3) is 11.9. The quantitative estimate of drug-likeness (QED) is 0.147. The molecule has 3 heterocycles. The summed E-state index contributed by atoms with van der Waals surface area (Å²) in [6, 6.07) is 86.6. The van der Waals surface area contributed by atoms with E-state index in [0.717, 1.165) is 29.2 Å². The zero-order valence-corrected chi connectivity index (χ0v) is 64.4. The Kier molecular flexibility index (Phi) is 15.6. The van der Waals surface area contributed by atoms with E-state index in [4.69, 9.17) is 0 Å². The number of fused-ring (bicyclic) bond motifs is 8. The Morgan fingerprint density at radius 2 is 0.594 bits per heavy atom. The van der Waals surface area contributed by atoms with Crippen molar-refractivity contribution in [3.63, 3.8) is 0 Å². The highest BCUT2D eigenvalue weighted by Gasteiger charge is 2.46. The van der Waals surface area contributed by atoms with Crippen molar-refractivity contribution in [3.05, 3.63) is 263 Å². The minimum Gasteiger partial charge on any atom is -0.311 e. The Bertz CT molecular complexity index is 5160. The van der Waals surface area contributed by atoms with E-state index in [0.29, 0.717) is 0 Å². The van der Waals surface area contributed by atoms with Crippen molar-refractivity contribution in [2.24, 2.45) is 0 Å². The number of para-hydroxylation sites is 2. The lowest BCUT2D eigenvalue weighted by molar-refractivity contribution is 0.403. The van der Waals surface area contributed by atoms with Gasteiger partial charge in [0.2, 0.25) is 0 Å². The van der Waals surface area contributed by atoms with Crippen LogP contribution in [0.4, 0.5) is 34.1 Å². The van der Waals surface area contributed by atoms with Crippen molar-refractivity contribution in [2.75, 3.05) is 9.80 Å². The van der Waals surface area contributed by atoms with E-state index < -0.39 is 0 Å². The highest BCUT2D eigenvalue weighted by atomic mass is 15.2. The molecule has 12 aromatic rings. The number of hydrogen-bond donors (Lipinski definition) is 0. The lowest BCUT2D eigenvalue weighted by Gasteiger charge is -2.45. The second-order valence-corrected chi connectivity index (χ2v) is 37.6. The van der Waals surface area contributed by atoms with Crippen LogP contribution in [0.25, 0.3) is 72.0 Å². The van der Waals surface area contributed by atoms with Gasteiger partial charge in [-0.15, -0.1) is 0 Å². The van der Waals surface area contributed by atoms with Crippen LogP contribution in [0.15, 0.2) is 218 Å². The fourth-order valence-electron chi connectivity index (χ4n) is 17.0. The van der Waals surface area contributed by atoms with Crippen LogP contribution in [0, 0.1) is 0 Å². The number of hydrogen-bond acceptors (Lipinski definition) is 2. The standard InChI is InChI=1S/C97H104BN3/c1-90(2,3)68-45-65(46-69(54-68)91(4,5)6)61-33-40-75(41-34-61)100-86-53-64(67-49-72(94(13,14)15)56-73(50-67)95(16,17)18)37-44-82(86)98-81-43-36-63(66-47-70(92(7,8)9)55-71(48-66)93(10,11)12)52-85(81)99(74-38-31-60(32-39-74)62-35-42-79-80(51-62)97(21,22)59-96(79,19)20)87-57-76(58-88(100)89(87)98)101-83-29-25-23-27-77(83)78-28-24-26-30-84(78)101/h23-58H,59H2,1-22H3. The number of nitrogens with zero attached hydrogens (tertiary/aromatic N) is 3. The Morgan fingerprint density at radius 1 is 0.277 bits per heavy atom. The van der Waals surface area contributed by atoms with Gasteiger partial charge >= 0.3 is 0 Å². The summed E-state index contributed by atoms with van der Waals surface area (Å²) in [5, 5.41) is 2.47. The zero-order valence-electron chi connectivity index (χ0n) is 64.4. The number of aromatic nitrogens is 1. The summed E-state index contributed by atoms with van der Waals surface area (Å²) in [5.41, 5.74) is 35.0. The molecule has 0 spiro atoms. The van der Waals surface area contributed by atoms with Crippen LogP contribution in [0.3, 0.4) is 0 Å². The molecule has 0 amide bonds. The molecule has 2 aliphatic heterocycles. The highest BCUT2D eigenvalue weighted by Crippen LogP contribution is 2.53. The van der Waals surface area contributed by atoms with Crippen LogP contribution >= 0.6 is 0 Å². The molecule has 0 atom stereocenters. The average molecular weight is 1320 g/mol. The molecule has 101 heavy (non-hydrogen) atoms. The molecule has 3 nitrogen and oxygen atoms in total. The molecule has 15 rings (SSSR count). The van der Waals surface area contributed by atoms with E-state index in [1.807, 2.05) is 0 Å². The largest absolute Gasteiger partial charge is 0.311 e. The Labute approximate surface area is 604 Å². The van der Waals surface area contributed by atoms with Crippen LogP contribution in [0.2, 0.25) is 0 Å². The van der Waals surface area contributed by atoms with E-state index in [1.165, 1.54) is 144 Å². The van der Waals surface area contributed by atoms with Gasteiger partial charge in [-0.25, -0.2) is 0 Å². The third-order valence-corrected chi connectivity index (χ3v) is 22.8. The van der Waals surface area contributed by atoms with Crippen molar-refractivity contribution in [1.29, 1.82) is 0 Å². The average Bonchev–Trinajstić information content (AvgIpc) is 0.715. The van der Waals surface area contributed by atoms with E-state index in [1.54, 1.807) is 0 Å². The first-order chi connectivity index (χ1) is 47.3. The van der Waals surface area contributed by atoms with Gasteiger partial charge < -0.3 is 14.4 Å². The summed E-state index contributed by atoms with van der Waals surface area (Å²) in [7, 11) is 0. The van der Waals surface area contributed by atoms with Crippen molar-refractivity contribution >= 4 is 79.0 Å². The van der Waals surface area contributed by atoms with Gasteiger partial charge in [0.15, 0.2) is 0 Å². The normalized spacial score (nSPS) is 15.1. The molecule has 1 aliphatic carbocycles. The lowest BCUT2D eigenvalue weighted by Crippen LogP contribution is -2.61. The van der Waals surface area contributed by atoms with E-state index >= 15 is 0 Å². The summed E-state index contributed by atoms with van der Waals surface area (Å²) < 4.78 is 2.54. The topological polar surface area (TPSA) is 11.4 Å².